The second kappa shape index (κ2) is 6.56. The third kappa shape index (κ3) is 3.50. The summed E-state index contributed by atoms with van der Waals surface area (Å²) in [7, 11) is 0. The van der Waals surface area contributed by atoms with Crippen molar-refractivity contribution in [1.82, 2.24) is 5.32 Å². The van der Waals surface area contributed by atoms with E-state index in [-0.39, 0.29) is 12.5 Å². The molecule has 108 valence electrons. The lowest BCUT2D eigenvalue weighted by atomic mass is 9.74. The molecule has 1 saturated carbocycles. The summed E-state index contributed by atoms with van der Waals surface area (Å²) in [4.78, 5) is 23.6. The van der Waals surface area contributed by atoms with E-state index in [1.54, 1.807) is 12.1 Å². The zero-order valence-electron chi connectivity index (χ0n) is 11.2. The van der Waals surface area contributed by atoms with Gasteiger partial charge in [0.2, 0.25) is 0 Å². The molecule has 1 aromatic carbocycles. The number of hydrogen-bond donors (Lipinski definition) is 2. The Balaban J connectivity index is 2.02. The molecule has 2 N–H and O–H groups in total. The first-order valence-electron chi connectivity index (χ1n) is 6.81. The maximum absolute atomic E-state index is 12.1. The standard InChI is InChI=1S/C15H18INO3/c16-12-6-4-5-11(9-12)13(18)17-10-15(14(19)20)7-2-1-3-8-15/h4-6,9H,1-3,7-8,10H2,(H,17,18)(H,19,20). The van der Waals surface area contributed by atoms with E-state index in [1.807, 2.05) is 12.1 Å². The molecule has 20 heavy (non-hydrogen) atoms. The molecular weight excluding hydrogens is 369 g/mol. The van der Waals surface area contributed by atoms with Gasteiger partial charge in [-0.05, 0) is 53.6 Å². The minimum absolute atomic E-state index is 0.199. The van der Waals surface area contributed by atoms with Crippen molar-refractivity contribution in [3.63, 3.8) is 0 Å². The molecule has 1 aromatic rings. The highest BCUT2D eigenvalue weighted by molar-refractivity contribution is 14.1. The van der Waals surface area contributed by atoms with E-state index in [4.69, 9.17) is 0 Å². The monoisotopic (exact) mass is 387 g/mol. The van der Waals surface area contributed by atoms with Crippen LogP contribution in [0.1, 0.15) is 42.5 Å². The van der Waals surface area contributed by atoms with Gasteiger partial charge in [-0.25, -0.2) is 0 Å². The summed E-state index contributed by atoms with van der Waals surface area (Å²) in [5, 5.41) is 12.3. The van der Waals surface area contributed by atoms with Gasteiger partial charge in [0, 0.05) is 15.7 Å². The first kappa shape index (κ1) is 15.3. The molecule has 1 aliphatic rings. The molecule has 1 fully saturated rings. The van der Waals surface area contributed by atoms with E-state index in [9.17, 15) is 14.7 Å². The molecule has 5 heteroatoms. The Morgan fingerprint density at radius 2 is 1.95 bits per heavy atom. The van der Waals surface area contributed by atoms with E-state index in [2.05, 4.69) is 27.9 Å². The SMILES string of the molecule is O=C(NCC1(C(=O)O)CCCCC1)c1cccc(I)c1. The maximum atomic E-state index is 12.1. The van der Waals surface area contributed by atoms with Crippen molar-refractivity contribution < 1.29 is 14.7 Å². The highest BCUT2D eigenvalue weighted by Gasteiger charge is 2.39. The number of carboxylic acid groups (broad SMARTS) is 1. The number of benzene rings is 1. The topological polar surface area (TPSA) is 66.4 Å². The summed E-state index contributed by atoms with van der Waals surface area (Å²) in [5.74, 6) is -0.991. The van der Waals surface area contributed by atoms with Gasteiger partial charge >= 0.3 is 5.97 Å². The van der Waals surface area contributed by atoms with Gasteiger partial charge in [-0.1, -0.05) is 25.3 Å². The first-order valence-corrected chi connectivity index (χ1v) is 7.89. The van der Waals surface area contributed by atoms with E-state index in [0.717, 1.165) is 22.8 Å². The number of aliphatic carboxylic acids is 1. The van der Waals surface area contributed by atoms with Crippen molar-refractivity contribution in [2.45, 2.75) is 32.1 Å². The van der Waals surface area contributed by atoms with Crippen molar-refractivity contribution in [3.05, 3.63) is 33.4 Å². The summed E-state index contributed by atoms with van der Waals surface area (Å²) in [6.45, 7) is 0.215. The quantitative estimate of drug-likeness (QED) is 0.781. The molecular formula is C15H18INO3. The molecule has 1 aliphatic carbocycles. The first-order chi connectivity index (χ1) is 9.53. The lowest BCUT2D eigenvalue weighted by molar-refractivity contribution is -0.150. The smallest absolute Gasteiger partial charge is 0.311 e. The number of carbonyl (C=O) groups excluding carboxylic acids is 1. The molecule has 0 heterocycles. The van der Waals surface area contributed by atoms with Crippen LogP contribution in [0.3, 0.4) is 0 Å². The van der Waals surface area contributed by atoms with Gasteiger partial charge in [-0.15, -0.1) is 0 Å². The largest absolute Gasteiger partial charge is 0.481 e. The summed E-state index contributed by atoms with van der Waals surface area (Å²) >= 11 is 2.15. The molecule has 0 bridgehead atoms. The molecule has 1 amide bonds. The second-order valence-corrected chi connectivity index (χ2v) is 6.58. The highest BCUT2D eigenvalue weighted by Crippen LogP contribution is 2.36. The number of amides is 1. The van der Waals surface area contributed by atoms with Gasteiger partial charge < -0.3 is 10.4 Å². The van der Waals surface area contributed by atoms with Crippen LogP contribution in [0.15, 0.2) is 24.3 Å². The molecule has 4 nitrogen and oxygen atoms in total. The Morgan fingerprint density at radius 3 is 2.55 bits per heavy atom. The van der Waals surface area contributed by atoms with Crippen LogP contribution in [-0.4, -0.2) is 23.5 Å². The molecule has 0 aromatic heterocycles. The minimum atomic E-state index is -0.792. The second-order valence-electron chi connectivity index (χ2n) is 5.34. The van der Waals surface area contributed by atoms with Crippen LogP contribution in [0.2, 0.25) is 0 Å². The number of rotatable bonds is 4. The van der Waals surface area contributed by atoms with Crippen molar-refractivity contribution in [1.29, 1.82) is 0 Å². The third-order valence-corrected chi connectivity index (χ3v) is 4.61. The van der Waals surface area contributed by atoms with Crippen molar-refractivity contribution in [3.8, 4) is 0 Å². The van der Waals surface area contributed by atoms with Crippen LogP contribution in [0.5, 0.6) is 0 Å². The zero-order valence-corrected chi connectivity index (χ0v) is 13.4. The van der Waals surface area contributed by atoms with E-state index in [0.29, 0.717) is 18.4 Å². The molecule has 0 spiro atoms. The Bertz CT molecular complexity index is 510. The predicted molar refractivity (Wildman–Crippen MR) is 84.6 cm³/mol. The summed E-state index contributed by atoms with van der Waals surface area (Å²) in [6, 6.07) is 7.28. The predicted octanol–water partition coefficient (Wildman–Crippen LogP) is 3.06. The van der Waals surface area contributed by atoms with Crippen molar-refractivity contribution in [2.75, 3.05) is 6.54 Å². The van der Waals surface area contributed by atoms with Gasteiger partial charge in [-0.3, -0.25) is 9.59 Å². The fourth-order valence-electron chi connectivity index (χ4n) is 2.68. The minimum Gasteiger partial charge on any atom is -0.481 e. The average molecular weight is 387 g/mol. The summed E-state index contributed by atoms with van der Waals surface area (Å²) in [5.41, 5.74) is -0.205. The van der Waals surface area contributed by atoms with E-state index in [1.165, 1.54) is 0 Å². The molecule has 0 radical (unpaired) electrons. The molecule has 0 aliphatic heterocycles. The summed E-state index contributed by atoms with van der Waals surface area (Å²) in [6.07, 6.45) is 4.22. The lowest BCUT2D eigenvalue weighted by Gasteiger charge is -2.33. The van der Waals surface area contributed by atoms with Gasteiger partial charge in [0.25, 0.3) is 5.91 Å². The van der Waals surface area contributed by atoms with Crippen LogP contribution in [0.25, 0.3) is 0 Å². The van der Waals surface area contributed by atoms with Crippen LogP contribution in [0, 0.1) is 8.99 Å². The van der Waals surface area contributed by atoms with Crippen molar-refractivity contribution >= 4 is 34.5 Å². The number of carboxylic acids is 1. The molecule has 0 unspecified atom stereocenters. The lowest BCUT2D eigenvalue weighted by Crippen LogP contribution is -2.44. The van der Waals surface area contributed by atoms with Gasteiger partial charge in [0.1, 0.15) is 0 Å². The number of hydrogen-bond acceptors (Lipinski definition) is 2. The number of nitrogens with one attached hydrogen (secondary N) is 1. The Kier molecular flexibility index (Phi) is 5.01. The molecule has 0 saturated heterocycles. The molecule has 2 rings (SSSR count). The highest BCUT2D eigenvalue weighted by atomic mass is 127. The van der Waals surface area contributed by atoms with E-state index >= 15 is 0 Å². The summed E-state index contributed by atoms with van der Waals surface area (Å²) < 4.78 is 0.987. The maximum Gasteiger partial charge on any atom is 0.311 e. The average Bonchev–Trinajstić information content (AvgIpc) is 2.45. The Hall–Kier alpha value is -1.11. The third-order valence-electron chi connectivity index (χ3n) is 3.94. The number of halogens is 1. The van der Waals surface area contributed by atoms with Gasteiger partial charge in [-0.2, -0.15) is 0 Å². The number of carbonyl (C=O) groups is 2. The van der Waals surface area contributed by atoms with Crippen molar-refractivity contribution in [2.24, 2.45) is 5.41 Å². The van der Waals surface area contributed by atoms with Crippen LogP contribution in [0.4, 0.5) is 0 Å². The Morgan fingerprint density at radius 1 is 1.25 bits per heavy atom. The zero-order chi connectivity index (χ0) is 14.6. The normalized spacial score (nSPS) is 17.4. The fraction of sp³-hybridized carbons (Fsp3) is 0.467. The Labute approximate surface area is 132 Å². The van der Waals surface area contributed by atoms with Crippen LogP contribution < -0.4 is 5.32 Å². The van der Waals surface area contributed by atoms with Gasteiger partial charge in [0.15, 0.2) is 0 Å². The van der Waals surface area contributed by atoms with Crippen LogP contribution >= 0.6 is 22.6 Å². The van der Waals surface area contributed by atoms with E-state index < -0.39 is 11.4 Å². The fourth-order valence-corrected chi connectivity index (χ4v) is 3.22. The van der Waals surface area contributed by atoms with Crippen LogP contribution in [-0.2, 0) is 4.79 Å². The van der Waals surface area contributed by atoms with Gasteiger partial charge in [0.05, 0.1) is 5.41 Å². The molecule has 0 atom stereocenters.